The molecule has 0 aliphatic carbocycles. The average Bonchev–Trinajstić information content (AvgIpc) is 2.87. The fourth-order valence-corrected chi connectivity index (χ4v) is 2.83. The molecule has 0 saturated carbocycles. The van der Waals surface area contributed by atoms with Crippen LogP contribution in [0.4, 0.5) is 18.0 Å². The number of hydrogen-bond donors (Lipinski definition) is 0. The van der Waals surface area contributed by atoms with Crippen molar-refractivity contribution < 1.29 is 18.0 Å². The molecule has 0 radical (unpaired) electrons. The predicted molar refractivity (Wildman–Crippen MR) is 69.4 cm³/mol. The summed E-state index contributed by atoms with van der Waals surface area (Å²) in [5.41, 5.74) is 0. The van der Waals surface area contributed by atoms with Crippen molar-refractivity contribution in [1.29, 1.82) is 0 Å². The van der Waals surface area contributed by atoms with Crippen molar-refractivity contribution in [2.24, 2.45) is 5.92 Å². The first-order valence-corrected chi connectivity index (χ1v) is 7.13. The maximum atomic E-state index is 12.6. The van der Waals surface area contributed by atoms with Gasteiger partial charge in [0.25, 0.3) is 0 Å². The molecule has 2 heterocycles. The Morgan fingerprint density at radius 2 is 1.65 bits per heavy atom. The minimum Gasteiger partial charge on any atom is -0.324 e. The molecule has 4 nitrogen and oxygen atoms in total. The molecule has 2 fully saturated rings. The van der Waals surface area contributed by atoms with Crippen molar-refractivity contribution in [3.05, 3.63) is 0 Å². The molecule has 2 aliphatic rings. The van der Waals surface area contributed by atoms with Gasteiger partial charge in [0.05, 0.1) is 5.92 Å². The summed E-state index contributed by atoms with van der Waals surface area (Å²) in [6.45, 7) is 7.02. The van der Waals surface area contributed by atoms with Crippen LogP contribution in [0.15, 0.2) is 0 Å². The molecule has 20 heavy (non-hydrogen) atoms. The van der Waals surface area contributed by atoms with E-state index in [2.05, 4.69) is 18.7 Å². The zero-order valence-corrected chi connectivity index (χ0v) is 12.0. The van der Waals surface area contributed by atoms with Gasteiger partial charge in [-0.3, -0.25) is 4.90 Å². The maximum absolute atomic E-state index is 12.6. The van der Waals surface area contributed by atoms with Crippen LogP contribution in [0, 0.1) is 5.92 Å². The molecule has 0 spiro atoms. The third kappa shape index (κ3) is 3.37. The van der Waals surface area contributed by atoms with E-state index < -0.39 is 12.1 Å². The SMILES string of the molecule is CC(C)N1CCN(C(=O)N2CCC(C(F)(F)F)C2)CC1. The Morgan fingerprint density at radius 3 is 2.10 bits per heavy atom. The van der Waals surface area contributed by atoms with Crippen molar-refractivity contribution in [2.45, 2.75) is 32.5 Å². The molecule has 0 N–H and O–H groups in total. The largest absolute Gasteiger partial charge is 0.393 e. The highest BCUT2D eigenvalue weighted by Gasteiger charge is 2.45. The first kappa shape index (κ1) is 15.4. The number of likely N-dealkylation sites (tertiary alicyclic amines) is 1. The van der Waals surface area contributed by atoms with Crippen molar-refractivity contribution >= 4 is 6.03 Å². The molecule has 1 atom stereocenters. The van der Waals surface area contributed by atoms with Crippen LogP contribution in [0.5, 0.6) is 0 Å². The summed E-state index contributed by atoms with van der Waals surface area (Å²) in [5.74, 6) is -1.36. The lowest BCUT2D eigenvalue weighted by Gasteiger charge is -2.38. The smallest absolute Gasteiger partial charge is 0.324 e. The van der Waals surface area contributed by atoms with Gasteiger partial charge in [-0.15, -0.1) is 0 Å². The molecule has 2 rings (SSSR count). The van der Waals surface area contributed by atoms with Crippen LogP contribution in [0.3, 0.4) is 0 Å². The third-order valence-corrected chi connectivity index (χ3v) is 4.24. The highest BCUT2D eigenvalue weighted by Crippen LogP contribution is 2.33. The topological polar surface area (TPSA) is 26.8 Å². The molecule has 2 amide bonds. The quantitative estimate of drug-likeness (QED) is 0.739. The summed E-state index contributed by atoms with van der Waals surface area (Å²) in [4.78, 5) is 17.5. The fourth-order valence-electron chi connectivity index (χ4n) is 2.83. The van der Waals surface area contributed by atoms with Crippen LogP contribution in [-0.2, 0) is 0 Å². The molecule has 1 unspecified atom stereocenters. The van der Waals surface area contributed by atoms with Crippen LogP contribution < -0.4 is 0 Å². The lowest BCUT2D eigenvalue weighted by atomic mass is 10.1. The Morgan fingerprint density at radius 1 is 1.05 bits per heavy atom. The Kier molecular flexibility index (Phi) is 4.46. The van der Waals surface area contributed by atoms with Crippen molar-refractivity contribution in [3.8, 4) is 0 Å². The van der Waals surface area contributed by atoms with Gasteiger partial charge >= 0.3 is 12.2 Å². The highest BCUT2D eigenvalue weighted by atomic mass is 19.4. The van der Waals surface area contributed by atoms with Crippen LogP contribution >= 0.6 is 0 Å². The van der Waals surface area contributed by atoms with Gasteiger partial charge in [0.2, 0.25) is 0 Å². The zero-order valence-electron chi connectivity index (χ0n) is 12.0. The van der Waals surface area contributed by atoms with Gasteiger partial charge in [0, 0.05) is 45.3 Å². The number of carbonyl (C=O) groups is 1. The zero-order chi connectivity index (χ0) is 14.9. The molecule has 0 aromatic heterocycles. The van der Waals surface area contributed by atoms with E-state index in [1.807, 2.05) is 0 Å². The lowest BCUT2D eigenvalue weighted by Crippen LogP contribution is -2.53. The fraction of sp³-hybridized carbons (Fsp3) is 0.923. The second-order valence-electron chi connectivity index (χ2n) is 5.87. The van der Waals surface area contributed by atoms with E-state index >= 15 is 0 Å². The Balaban J connectivity index is 1.85. The third-order valence-electron chi connectivity index (χ3n) is 4.24. The van der Waals surface area contributed by atoms with Gasteiger partial charge in [0.15, 0.2) is 0 Å². The number of urea groups is 1. The van der Waals surface area contributed by atoms with E-state index in [1.54, 1.807) is 4.90 Å². The summed E-state index contributed by atoms with van der Waals surface area (Å²) in [6, 6.07) is 0.203. The number of amides is 2. The highest BCUT2D eigenvalue weighted by molar-refractivity contribution is 5.75. The van der Waals surface area contributed by atoms with Gasteiger partial charge < -0.3 is 9.80 Å². The Labute approximate surface area is 117 Å². The van der Waals surface area contributed by atoms with Gasteiger partial charge in [-0.2, -0.15) is 13.2 Å². The molecular weight excluding hydrogens is 271 g/mol. The average molecular weight is 293 g/mol. The van der Waals surface area contributed by atoms with Crippen LogP contribution in [0.1, 0.15) is 20.3 Å². The Hall–Kier alpha value is -0.980. The molecule has 2 aliphatic heterocycles. The number of alkyl halides is 3. The van der Waals surface area contributed by atoms with Gasteiger partial charge in [-0.05, 0) is 20.3 Å². The Bertz CT molecular complexity index is 351. The summed E-state index contributed by atoms with van der Waals surface area (Å²) in [5, 5.41) is 0. The number of nitrogens with zero attached hydrogens (tertiary/aromatic N) is 3. The molecule has 7 heteroatoms. The summed E-state index contributed by atoms with van der Waals surface area (Å²) < 4.78 is 37.9. The van der Waals surface area contributed by atoms with E-state index in [0.29, 0.717) is 19.1 Å². The molecular formula is C13H22F3N3O. The van der Waals surface area contributed by atoms with Gasteiger partial charge in [0.1, 0.15) is 0 Å². The molecule has 0 aromatic carbocycles. The minimum absolute atomic E-state index is 0.0290. The summed E-state index contributed by atoms with van der Waals surface area (Å²) in [6.07, 6.45) is -4.16. The van der Waals surface area contributed by atoms with E-state index in [0.717, 1.165) is 13.1 Å². The maximum Gasteiger partial charge on any atom is 0.393 e. The van der Waals surface area contributed by atoms with E-state index in [9.17, 15) is 18.0 Å². The molecule has 2 saturated heterocycles. The second kappa shape index (κ2) is 5.79. The number of rotatable bonds is 1. The summed E-state index contributed by atoms with van der Waals surface area (Å²) in [7, 11) is 0. The monoisotopic (exact) mass is 293 g/mol. The van der Waals surface area contributed by atoms with Crippen molar-refractivity contribution in [2.75, 3.05) is 39.3 Å². The first-order chi connectivity index (χ1) is 9.29. The lowest BCUT2D eigenvalue weighted by molar-refractivity contribution is -0.170. The molecule has 116 valence electrons. The molecule has 0 bridgehead atoms. The van der Waals surface area contributed by atoms with Crippen molar-refractivity contribution in [3.63, 3.8) is 0 Å². The van der Waals surface area contributed by atoms with Crippen LogP contribution in [0.2, 0.25) is 0 Å². The van der Waals surface area contributed by atoms with E-state index in [4.69, 9.17) is 0 Å². The minimum atomic E-state index is -4.19. The second-order valence-corrected chi connectivity index (χ2v) is 5.87. The van der Waals surface area contributed by atoms with E-state index in [1.165, 1.54) is 4.90 Å². The van der Waals surface area contributed by atoms with E-state index in [-0.39, 0.29) is 25.5 Å². The summed E-state index contributed by atoms with van der Waals surface area (Å²) >= 11 is 0. The van der Waals surface area contributed by atoms with Gasteiger partial charge in [-0.25, -0.2) is 4.79 Å². The first-order valence-electron chi connectivity index (χ1n) is 7.13. The number of halogens is 3. The van der Waals surface area contributed by atoms with Crippen molar-refractivity contribution in [1.82, 2.24) is 14.7 Å². The number of hydrogen-bond acceptors (Lipinski definition) is 2. The predicted octanol–water partition coefficient (Wildman–Crippen LogP) is 2.02. The molecule has 0 aromatic rings. The van der Waals surface area contributed by atoms with Gasteiger partial charge in [-0.1, -0.05) is 0 Å². The number of carbonyl (C=O) groups excluding carboxylic acids is 1. The normalized spacial score (nSPS) is 25.6. The standard InChI is InChI=1S/C13H22F3N3O/c1-10(2)17-5-7-18(8-6-17)12(20)19-4-3-11(9-19)13(14,15)16/h10-11H,3-9H2,1-2H3. The van der Waals surface area contributed by atoms with Crippen LogP contribution in [0.25, 0.3) is 0 Å². The van der Waals surface area contributed by atoms with Crippen LogP contribution in [-0.4, -0.2) is 72.2 Å². The number of piperazine rings is 1.